The summed E-state index contributed by atoms with van der Waals surface area (Å²) in [5.74, 6) is 2.03. The highest BCUT2D eigenvalue weighted by atomic mass is 16.3. The van der Waals surface area contributed by atoms with Gasteiger partial charge in [-0.3, -0.25) is 0 Å². The fourth-order valence-electron chi connectivity index (χ4n) is 2.32. The number of fused-ring (bicyclic) bond motifs is 1. The van der Waals surface area contributed by atoms with Crippen LogP contribution in [0.1, 0.15) is 49.4 Å². The average molecular weight is 230 g/mol. The summed E-state index contributed by atoms with van der Waals surface area (Å²) < 4.78 is 0. The number of nitrogens with zero attached hydrogens (tertiary/aromatic N) is 1. The predicted molar refractivity (Wildman–Crippen MR) is 68.2 cm³/mol. The van der Waals surface area contributed by atoms with Crippen LogP contribution < -0.4 is 0 Å². The van der Waals surface area contributed by atoms with E-state index in [-0.39, 0.29) is 12.5 Å². The number of imidazole rings is 1. The van der Waals surface area contributed by atoms with E-state index in [2.05, 4.69) is 35.1 Å². The summed E-state index contributed by atoms with van der Waals surface area (Å²) in [6.45, 7) is 2.32. The van der Waals surface area contributed by atoms with Gasteiger partial charge in [0.15, 0.2) is 0 Å². The molecular formula is C14H18N2O. The third-order valence-electron chi connectivity index (χ3n) is 3.67. The molecule has 90 valence electrons. The van der Waals surface area contributed by atoms with Crippen LogP contribution in [-0.2, 0) is 0 Å². The number of benzene rings is 1. The molecule has 0 aliphatic heterocycles. The van der Waals surface area contributed by atoms with Gasteiger partial charge in [0.25, 0.3) is 0 Å². The van der Waals surface area contributed by atoms with Gasteiger partial charge in [-0.2, -0.15) is 0 Å². The maximum Gasteiger partial charge on any atom is 0.110 e. The first kappa shape index (κ1) is 10.8. The largest absolute Gasteiger partial charge is 0.396 e. The van der Waals surface area contributed by atoms with E-state index in [4.69, 9.17) is 0 Å². The van der Waals surface area contributed by atoms with Gasteiger partial charge in [0.05, 0.1) is 11.0 Å². The Morgan fingerprint density at radius 1 is 1.47 bits per heavy atom. The zero-order chi connectivity index (χ0) is 11.8. The zero-order valence-corrected chi connectivity index (χ0v) is 10.1. The molecule has 0 spiro atoms. The highest BCUT2D eigenvalue weighted by molar-refractivity contribution is 5.76. The van der Waals surface area contributed by atoms with Gasteiger partial charge in [0.2, 0.25) is 0 Å². The van der Waals surface area contributed by atoms with Gasteiger partial charge < -0.3 is 10.1 Å². The van der Waals surface area contributed by atoms with Gasteiger partial charge in [-0.25, -0.2) is 4.98 Å². The molecule has 1 aromatic heterocycles. The van der Waals surface area contributed by atoms with Crippen molar-refractivity contribution in [2.75, 3.05) is 6.61 Å². The third-order valence-corrected chi connectivity index (χ3v) is 3.67. The van der Waals surface area contributed by atoms with Crippen molar-refractivity contribution in [2.24, 2.45) is 0 Å². The fraction of sp³-hybridized carbons (Fsp3) is 0.500. The Labute approximate surface area is 101 Å². The lowest BCUT2D eigenvalue weighted by Crippen LogP contribution is -2.02. The van der Waals surface area contributed by atoms with Gasteiger partial charge in [0.1, 0.15) is 5.82 Å². The molecule has 17 heavy (non-hydrogen) atoms. The van der Waals surface area contributed by atoms with E-state index in [0.717, 1.165) is 23.3 Å². The van der Waals surface area contributed by atoms with Crippen molar-refractivity contribution in [2.45, 2.75) is 38.0 Å². The summed E-state index contributed by atoms with van der Waals surface area (Å²) in [5.41, 5.74) is 3.35. The lowest BCUT2D eigenvalue weighted by molar-refractivity contribution is 0.262. The summed E-state index contributed by atoms with van der Waals surface area (Å²) in [5, 5.41) is 9.33. The molecule has 2 aromatic rings. The van der Waals surface area contributed by atoms with Crippen LogP contribution in [0.4, 0.5) is 0 Å². The van der Waals surface area contributed by atoms with Crippen molar-refractivity contribution >= 4 is 11.0 Å². The molecule has 3 heteroatoms. The molecule has 1 heterocycles. The second-order valence-corrected chi connectivity index (χ2v) is 4.96. The second kappa shape index (κ2) is 4.15. The predicted octanol–water partition coefficient (Wildman–Crippen LogP) is 2.93. The summed E-state index contributed by atoms with van der Waals surface area (Å²) >= 11 is 0. The summed E-state index contributed by atoms with van der Waals surface area (Å²) in [7, 11) is 0. The van der Waals surface area contributed by atoms with E-state index in [1.165, 1.54) is 18.4 Å². The van der Waals surface area contributed by atoms with Crippen LogP contribution in [0.15, 0.2) is 18.2 Å². The standard InChI is InChI=1S/C14H18N2O/c1-2-9(8-17)11-5-6-12-13(7-11)16-14(15-12)10-3-4-10/h5-7,9-10,17H,2-4,8H2,1H3,(H,15,16). The van der Waals surface area contributed by atoms with Gasteiger partial charge >= 0.3 is 0 Å². The van der Waals surface area contributed by atoms with Crippen LogP contribution in [0.3, 0.4) is 0 Å². The maximum atomic E-state index is 9.33. The molecule has 1 fully saturated rings. The van der Waals surface area contributed by atoms with Crippen LogP contribution in [0.5, 0.6) is 0 Å². The summed E-state index contributed by atoms with van der Waals surface area (Å²) in [6, 6.07) is 6.29. The average Bonchev–Trinajstić information content (AvgIpc) is 3.11. The maximum absolute atomic E-state index is 9.33. The van der Waals surface area contributed by atoms with E-state index in [0.29, 0.717) is 5.92 Å². The number of aliphatic hydroxyl groups excluding tert-OH is 1. The molecule has 1 atom stereocenters. The lowest BCUT2D eigenvalue weighted by Gasteiger charge is -2.11. The van der Waals surface area contributed by atoms with E-state index >= 15 is 0 Å². The minimum atomic E-state index is 0.214. The Hall–Kier alpha value is -1.35. The molecule has 1 saturated carbocycles. The van der Waals surface area contributed by atoms with Crippen molar-refractivity contribution in [3.8, 4) is 0 Å². The topological polar surface area (TPSA) is 48.9 Å². The fourth-order valence-corrected chi connectivity index (χ4v) is 2.32. The number of aliphatic hydroxyl groups is 1. The van der Waals surface area contributed by atoms with Crippen LogP contribution in [-0.4, -0.2) is 21.7 Å². The van der Waals surface area contributed by atoms with Crippen molar-refractivity contribution in [3.05, 3.63) is 29.6 Å². The smallest absolute Gasteiger partial charge is 0.110 e. The van der Waals surface area contributed by atoms with Gasteiger partial charge in [0, 0.05) is 18.4 Å². The molecule has 0 bridgehead atoms. The van der Waals surface area contributed by atoms with Crippen molar-refractivity contribution in [1.82, 2.24) is 9.97 Å². The normalized spacial score (nSPS) is 17.5. The Bertz CT molecular complexity index is 524. The van der Waals surface area contributed by atoms with E-state index in [9.17, 15) is 5.11 Å². The minimum absolute atomic E-state index is 0.214. The van der Waals surface area contributed by atoms with Gasteiger partial charge in [-0.05, 0) is 37.0 Å². The minimum Gasteiger partial charge on any atom is -0.396 e. The van der Waals surface area contributed by atoms with Crippen LogP contribution in [0.2, 0.25) is 0 Å². The van der Waals surface area contributed by atoms with Crippen molar-refractivity contribution in [1.29, 1.82) is 0 Å². The molecule has 1 aliphatic carbocycles. The second-order valence-electron chi connectivity index (χ2n) is 4.96. The van der Waals surface area contributed by atoms with E-state index in [1.54, 1.807) is 0 Å². The number of aromatic nitrogens is 2. The molecule has 2 N–H and O–H groups in total. The summed E-state index contributed by atoms with van der Waals surface area (Å²) in [6.07, 6.45) is 3.49. The number of hydrogen-bond acceptors (Lipinski definition) is 2. The monoisotopic (exact) mass is 230 g/mol. The Balaban J connectivity index is 1.99. The number of hydrogen-bond donors (Lipinski definition) is 2. The first-order chi connectivity index (χ1) is 8.31. The number of aromatic amines is 1. The van der Waals surface area contributed by atoms with E-state index < -0.39 is 0 Å². The quantitative estimate of drug-likeness (QED) is 0.848. The number of nitrogens with one attached hydrogen (secondary N) is 1. The highest BCUT2D eigenvalue weighted by Crippen LogP contribution is 2.39. The first-order valence-corrected chi connectivity index (χ1v) is 6.42. The molecule has 3 rings (SSSR count). The van der Waals surface area contributed by atoms with Crippen molar-refractivity contribution in [3.63, 3.8) is 0 Å². The van der Waals surface area contributed by atoms with Gasteiger partial charge in [-0.1, -0.05) is 13.0 Å². The Morgan fingerprint density at radius 3 is 2.94 bits per heavy atom. The molecule has 1 aromatic carbocycles. The third kappa shape index (κ3) is 1.95. The highest BCUT2D eigenvalue weighted by Gasteiger charge is 2.26. The van der Waals surface area contributed by atoms with Crippen LogP contribution in [0.25, 0.3) is 11.0 Å². The number of H-pyrrole nitrogens is 1. The van der Waals surface area contributed by atoms with Gasteiger partial charge in [-0.15, -0.1) is 0 Å². The molecular weight excluding hydrogens is 212 g/mol. The van der Waals surface area contributed by atoms with Crippen molar-refractivity contribution < 1.29 is 5.11 Å². The number of rotatable bonds is 4. The molecule has 0 radical (unpaired) electrons. The summed E-state index contributed by atoms with van der Waals surface area (Å²) in [4.78, 5) is 8.02. The first-order valence-electron chi connectivity index (χ1n) is 6.42. The zero-order valence-electron chi connectivity index (χ0n) is 10.1. The molecule has 3 nitrogen and oxygen atoms in total. The SMILES string of the molecule is CCC(CO)c1ccc2nc(C3CC3)[nH]c2c1. The Morgan fingerprint density at radius 2 is 2.29 bits per heavy atom. The molecule has 0 saturated heterocycles. The van der Waals surface area contributed by atoms with Crippen LogP contribution >= 0.6 is 0 Å². The van der Waals surface area contributed by atoms with Crippen LogP contribution in [0, 0.1) is 0 Å². The molecule has 1 aliphatic rings. The lowest BCUT2D eigenvalue weighted by atomic mass is 9.97. The Kier molecular flexibility index (Phi) is 2.63. The molecule has 0 amide bonds. The molecule has 1 unspecified atom stereocenters. The van der Waals surface area contributed by atoms with E-state index in [1.807, 2.05) is 0 Å².